The number of H-pyrrole nitrogens is 1. The zero-order valence-corrected chi connectivity index (χ0v) is 12.0. The highest BCUT2D eigenvalue weighted by Gasteiger charge is 2.26. The summed E-state index contributed by atoms with van der Waals surface area (Å²) in [6.45, 7) is 2.85. The number of rotatable bonds is 4. The molecule has 0 amide bonds. The number of aromatic nitrogens is 2. The largest absolute Gasteiger partial charge is 0.477 e. The molecule has 2 heterocycles. The molecule has 2 rings (SSSR count). The fraction of sp³-hybridized carbons (Fsp3) is 0.167. The van der Waals surface area contributed by atoms with Gasteiger partial charge in [0, 0.05) is 11.3 Å². The molecule has 0 aliphatic carbocycles. The van der Waals surface area contributed by atoms with Gasteiger partial charge in [-0.15, -0.1) is 0 Å². The van der Waals surface area contributed by atoms with Crippen molar-refractivity contribution in [3.05, 3.63) is 41.2 Å². The molecule has 2 aromatic rings. The zero-order valence-electron chi connectivity index (χ0n) is 11.1. The van der Waals surface area contributed by atoms with Gasteiger partial charge in [-0.2, -0.15) is 4.39 Å². The van der Waals surface area contributed by atoms with Gasteiger partial charge in [0.05, 0.1) is 11.9 Å². The molecule has 9 heteroatoms. The quantitative estimate of drug-likeness (QED) is 0.743. The van der Waals surface area contributed by atoms with Crippen molar-refractivity contribution in [3.63, 3.8) is 0 Å². The molecule has 0 saturated carbocycles. The Morgan fingerprint density at radius 1 is 1.38 bits per heavy atom. The summed E-state index contributed by atoms with van der Waals surface area (Å²) in [5.74, 6) is -1.99. The number of halogens is 1. The zero-order chi connectivity index (χ0) is 15.8. The Morgan fingerprint density at radius 3 is 2.52 bits per heavy atom. The molecule has 21 heavy (non-hydrogen) atoms. The number of aryl methyl sites for hydroxylation is 1. The Bertz CT molecular complexity index is 797. The summed E-state index contributed by atoms with van der Waals surface area (Å²) in [7, 11) is -4.01. The van der Waals surface area contributed by atoms with Crippen LogP contribution in [0.5, 0.6) is 0 Å². The van der Waals surface area contributed by atoms with Crippen LogP contribution in [-0.4, -0.2) is 29.5 Å². The number of hydrogen-bond donors (Lipinski definition) is 3. The Morgan fingerprint density at radius 2 is 2.05 bits per heavy atom. The van der Waals surface area contributed by atoms with Crippen molar-refractivity contribution in [1.29, 1.82) is 0 Å². The maximum Gasteiger partial charge on any atom is 0.352 e. The van der Waals surface area contributed by atoms with Crippen LogP contribution in [0, 0.1) is 19.8 Å². The van der Waals surface area contributed by atoms with Crippen LogP contribution in [0.1, 0.15) is 21.7 Å². The summed E-state index contributed by atoms with van der Waals surface area (Å²) in [5.41, 5.74) is 0.188. The third-order valence-corrected chi connectivity index (χ3v) is 4.49. The number of pyridine rings is 1. The number of carboxylic acid groups (broad SMARTS) is 1. The lowest BCUT2D eigenvalue weighted by atomic mass is 10.2. The molecule has 3 N–H and O–H groups in total. The normalized spacial score (nSPS) is 11.4. The molecule has 7 nitrogen and oxygen atoms in total. The van der Waals surface area contributed by atoms with Gasteiger partial charge in [-0.1, -0.05) is 0 Å². The van der Waals surface area contributed by atoms with Crippen LogP contribution in [0.15, 0.2) is 23.2 Å². The van der Waals surface area contributed by atoms with Gasteiger partial charge in [-0.05, 0) is 26.0 Å². The molecule has 0 saturated heterocycles. The maximum absolute atomic E-state index is 12.7. The van der Waals surface area contributed by atoms with Gasteiger partial charge in [0.25, 0.3) is 10.0 Å². The van der Waals surface area contributed by atoms with E-state index in [2.05, 4.69) is 14.7 Å². The van der Waals surface area contributed by atoms with E-state index in [4.69, 9.17) is 5.11 Å². The smallest absolute Gasteiger partial charge is 0.352 e. The molecule has 0 aliphatic heterocycles. The van der Waals surface area contributed by atoms with Crippen molar-refractivity contribution < 1.29 is 22.7 Å². The third kappa shape index (κ3) is 2.87. The summed E-state index contributed by atoms with van der Waals surface area (Å²) in [4.78, 5) is 16.7. The van der Waals surface area contributed by atoms with E-state index in [1.165, 1.54) is 19.9 Å². The van der Waals surface area contributed by atoms with Gasteiger partial charge in [0.15, 0.2) is 0 Å². The van der Waals surface area contributed by atoms with E-state index in [1.807, 2.05) is 0 Å². The number of anilines is 1. The first-order valence-corrected chi connectivity index (χ1v) is 7.27. The van der Waals surface area contributed by atoms with E-state index in [1.54, 1.807) is 0 Å². The average molecular weight is 313 g/mol. The van der Waals surface area contributed by atoms with Gasteiger partial charge < -0.3 is 10.1 Å². The molecule has 0 aliphatic rings. The molecule has 0 radical (unpaired) electrons. The lowest BCUT2D eigenvalue weighted by Crippen LogP contribution is -2.15. The van der Waals surface area contributed by atoms with Gasteiger partial charge in [0.1, 0.15) is 10.6 Å². The second kappa shape index (κ2) is 5.17. The lowest BCUT2D eigenvalue weighted by Gasteiger charge is -2.08. The second-order valence-corrected chi connectivity index (χ2v) is 5.98. The van der Waals surface area contributed by atoms with E-state index in [0.29, 0.717) is 0 Å². The predicted molar refractivity (Wildman–Crippen MR) is 72.2 cm³/mol. The lowest BCUT2D eigenvalue weighted by molar-refractivity contribution is 0.0690. The van der Waals surface area contributed by atoms with Crippen molar-refractivity contribution in [2.24, 2.45) is 0 Å². The van der Waals surface area contributed by atoms with Gasteiger partial charge in [-0.25, -0.2) is 18.2 Å². The second-order valence-electron chi connectivity index (χ2n) is 4.36. The van der Waals surface area contributed by atoms with E-state index < -0.39 is 21.9 Å². The van der Waals surface area contributed by atoms with Crippen LogP contribution < -0.4 is 4.72 Å². The van der Waals surface area contributed by atoms with Crippen LogP contribution in [0.3, 0.4) is 0 Å². The standard InChI is InChI=1S/C12H12FN3O4S/c1-6-10(12(17)18)15-7(2)11(6)21(19,20)16-8-3-4-9(13)14-5-8/h3-5,15-16H,1-2H3,(H,17,18). The molecule has 0 atom stereocenters. The molecule has 0 bridgehead atoms. The highest BCUT2D eigenvalue weighted by Crippen LogP contribution is 2.25. The average Bonchev–Trinajstić information content (AvgIpc) is 2.68. The minimum absolute atomic E-state index is 0.0771. The van der Waals surface area contributed by atoms with Crippen LogP contribution in [0.25, 0.3) is 0 Å². The van der Waals surface area contributed by atoms with E-state index >= 15 is 0 Å². The SMILES string of the molecule is Cc1[nH]c(C(=O)O)c(C)c1S(=O)(=O)Nc1ccc(F)nc1. The highest BCUT2D eigenvalue weighted by molar-refractivity contribution is 7.92. The molecule has 2 aromatic heterocycles. The van der Waals surface area contributed by atoms with Gasteiger partial charge in [-0.3, -0.25) is 4.72 Å². The fourth-order valence-corrected chi connectivity index (χ4v) is 3.48. The molecule has 0 spiro atoms. The van der Waals surface area contributed by atoms with Crippen molar-refractivity contribution in [2.45, 2.75) is 18.7 Å². The van der Waals surface area contributed by atoms with Crippen molar-refractivity contribution in [3.8, 4) is 0 Å². The van der Waals surface area contributed by atoms with Crippen LogP contribution in [0.4, 0.5) is 10.1 Å². The first kappa shape index (κ1) is 15.0. The monoisotopic (exact) mass is 313 g/mol. The number of carbonyl (C=O) groups is 1. The molecular weight excluding hydrogens is 301 g/mol. The van der Waals surface area contributed by atoms with E-state index in [9.17, 15) is 17.6 Å². The molecule has 0 aromatic carbocycles. The van der Waals surface area contributed by atoms with Crippen LogP contribution in [0.2, 0.25) is 0 Å². The topological polar surface area (TPSA) is 112 Å². The number of hydrogen-bond acceptors (Lipinski definition) is 4. The van der Waals surface area contributed by atoms with Gasteiger partial charge in [0.2, 0.25) is 5.95 Å². The van der Waals surface area contributed by atoms with E-state index in [-0.39, 0.29) is 27.5 Å². The first-order chi connectivity index (χ1) is 9.72. The number of nitrogens with one attached hydrogen (secondary N) is 2. The number of sulfonamides is 1. The summed E-state index contributed by atoms with van der Waals surface area (Å²) >= 11 is 0. The summed E-state index contributed by atoms with van der Waals surface area (Å²) < 4.78 is 39.6. The van der Waals surface area contributed by atoms with Crippen molar-refractivity contribution >= 4 is 21.7 Å². The Balaban J connectivity index is 2.45. The molecule has 0 unspecified atom stereocenters. The van der Waals surface area contributed by atoms with Crippen molar-refractivity contribution in [1.82, 2.24) is 9.97 Å². The molecule has 112 valence electrons. The van der Waals surface area contributed by atoms with Gasteiger partial charge >= 0.3 is 5.97 Å². The summed E-state index contributed by atoms with van der Waals surface area (Å²) in [6.07, 6.45) is 1.03. The Hall–Kier alpha value is -2.42. The first-order valence-electron chi connectivity index (χ1n) is 5.79. The van der Waals surface area contributed by atoms with Crippen LogP contribution in [-0.2, 0) is 10.0 Å². The number of carboxylic acids is 1. The molecule has 0 fully saturated rings. The Labute approximate surface area is 119 Å². The van der Waals surface area contributed by atoms with Crippen LogP contribution >= 0.6 is 0 Å². The summed E-state index contributed by atoms with van der Waals surface area (Å²) in [6, 6.07) is 2.23. The number of aromatic amines is 1. The predicted octanol–water partition coefficient (Wildman–Crippen LogP) is 1.66. The third-order valence-electron chi connectivity index (χ3n) is 2.83. The summed E-state index contributed by atoms with van der Waals surface area (Å²) in [5, 5.41) is 8.99. The van der Waals surface area contributed by atoms with Crippen molar-refractivity contribution in [2.75, 3.05) is 4.72 Å². The maximum atomic E-state index is 12.7. The van der Waals surface area contributed by atoms with E-state index in [0.717, 1.165) is 12.3 Å². The number of aromatic carboxylic acids is 1. The highest BCUT2D eigenvalue weighted by atomic mass is 32.2. The molecular formula is C12H12FN3O4S. The minimum atomic E-state index is -4.01. The minimum Gasteiger partial charge on any atom is -0.477 e. The Kier molecular flexibility index (Phi) is 3.69. The number of nitrogens with zero attached hydrogens (tertiary/aromatic N) is 1. The fourth-order valence-electron chi connectivity index (χ4n) is 1.99.